The molecule has 0 saturated heterocycles. The lowest BCUT2D eigenvalue weighted by molar-refractivity contribution is 0.384. The number of fused-ring (bicyclic) bond motifs is 1. The van der Waals surface area contributed by atoms with Crippen molar-refractivity contribution >= 4 is 17.2 Å². The first-order valence-electron chi connectivity index (χ1n) is 5.40. The molecule has 0 spiro atoms. The summed E-state index contributed by atoms with van der Waals surface area (Å²) >= 11 is 6.35. The fraction of sp³-hybridized carbons (Fsp3) is 0.500. The molecule has 0 saturated carbocycles. The molecule has 0 aliphatic carbocycles. The Labute approximate surface area is 100 Å². The Morgan fingerprint density at radius 2 is 2.12 bits per heavy atom. The van der Waals surface area contributed by atoms with E-state index in [-0.39, 0.29) is 10.8 Å². The second kappa shape index (κ2) is 4.06. The maximum atomic E-state index is 6.35. The molecule has 0 N–H and O–H groups in total. The first kappa shape index (κ1) is 11.4. The second-order valence-electron chi connectivity index (χ2n) is 5.09. The fourth-order valence-electron chi connectivity index (χ4n) is 1.46. The molecular weight excluding hydrogens is 222 g/mol. The van der Waals surface area contributed by atoms with Crippen LogP contribution in [-0.2, 0) is 6.42 Å². The molecule has 0 bridgehead atoms. The van der Waals surface area contributed by atoms with E-state index in [0.717, 1.165) is 17.8 Å². The predicted octanol–water partition coefficient (Wildman–Crippen LogP) is 2.93. The van der Waals surface area contributed by atoms with Gasteiger partial charge in [0.05, 0.1) is 6.20 Å². The Morgan fingerprint density at radius 1 is 1.38 bits per heavy atom. The van der Waals surface area contributed by atoms with Crippen LogP contribution >= 0.6 is 11.6 Å². The molecule has 2 heterocycles. The van der Waals surface area contributed by atoms with Crippen molar-refractivity contribution in [3.05, 3.63) is 30.2 Å². The van der Waals surface area contributed by atoms with Gasteiger partial charge in [0.2, 0.25) is 0 Å². The summed E-state index contributed by atoms with van der Waals surface area (Å²) < 4.78 is 1.75. The van der Waals surface area contributed by atoms with Gasteiger partial charge >= 0.3 is 0 Å². The van der Waals surface area contributed by atoms with Crippen molar-refractivity contribution in [1.82, 2.24) is 14.6 Å². The average Bonchev–Trinajstić information content (AvgIpc) is 2.63. The number of aromatic nitrogens is 3. The minimum atomic E-state index is 0.0883. The number of nitrogens with zero attached hydrogens (tertiary/aromatic N) is 3. The van der Waals surface area contributed by atoms with Crippen molar-refractivity contribution in [1.29, 1.82) is 0 Å². The van der Waals surface area contributed by atoms with Crippen LogP contribution in [0, 0.1) is 5.41 Å². The van der Waals surface area contributed by atoms with Gasteiger partial charge in [-0.3, -0.25) is 0 Å². The highest BCUT2D eigenvalue weighted by molar-refractivity contribution is 6.21. The highest BCUT2D eigenvalue weighted by Crippen LogP contribution is 2.26. The van der Waals surface area contributed by atoms with E-state index in [2.05, 4.69) is 30.9 Å². The molecule has 4 heteroatoms. The number of rotatable bonds is 2. The van der Waals surface area contributed by atoms with Gasteiger partial charge < -0.3 is 0 Å². The van der Waals surface area contributed by atoms with Crippen LogP contribution in [0.4, 0.5) is 0 Å². The Balaban J connectivity index is 2.21. The van der Waals surface area contributed by atoms with Crippen molar-refractivity contribution < 1.29 is 0 Å². The lowest BCUT2D eigenvalue weighted by Crippen LogP contribution is -2.23. The predicted molar refractivity (Wildman–Crippen MR) is 65.8 cm³/mol. The van der Waals surface area contributed by atoms with E-state index in [1.165, 1.54) is 0 Å². The summed E-state index contributed by atoms with van der Waals surface area (Å²) in [5.74, 6) is 0. The minimum Gasteiger partial charge on any atom is -0.234 e. The molecule has 86 valence electrons. The van der Waals surface area contributed by atoms with E-state index >= 15 is 0 Å². The molecule has 0 aliphatic heterocycles. The molecule has 0 fully saturated rings. The van der Waals surface area contributed by atoms with Gasteiger partial charge in [-0.2, -0.15) is 5.10 Å². The molecular formula is C12H16ClN3. The van der Waals surface area contributed by atoms with Crippen molar-refractivity contribution in [3.63, 3.8) is 0 Å². The number of halogens is 1. The second-order valence-corrected chi connectivity index (χ2v) is 5.62. The van der Waals surface area contributed by atoms with E-state index < -0.39 is 0 Å². The summed E-state index contributed by atoms with van der Waals surface area (Å²) in [5, 5.41) is 4.20. The van der Waals surface area contributed by atoms with E-state index in [9.17, 15) is 0 Å². The molecule has 0 amide bonds. The van der Waals surface area contributed by atoms with Crippen LogP contribution < -0.4 is 0 Å². The fourth-order valence-corrected chi connectivity index (χ4v) is 1.61. The number of alkyl halides is 1. The van der Waals surface area contributed by atoms with Crippen LogP contribution in [0.3, 0.4) is 0 Å². The molecule has 1 atom stereocenters. The van der Waals surface area contributed by atoms with Gasteiger partial charge in [-0.05, 0) is 11.5 Å². The van der Waals surface area contributed by atoms with Crippen LogP contribution in [0.5, 0.6) is 0 Å². The summed E-state index contributed by atoms with van der Waals surface area (Å²) in [7, 11) is 0. The zero-order chi connectivity index (χ0) is 11.8. The quantitative estimate of drug-likeness (QED) is 0.752. The third-order valence-electron chi connectivity index (χ3n) is 2.64. The lowest BCUT2D eigenvalue weighted by atomic mass is 9.89. The summed E-state index contributed by atoms with van der Waals surface area (Å²) in [4.78, 5) is 4.50. The summed E-state index contributed by atoms with van der Waals surface area (Å²) in [5.41, 5.74) is 1.98. The molecule has 0 aliphatic rings. The summed E-state index contributed by atoms with van der Waals surface area (Å²) in [6.45, 7) is 6.42. The normalized spacial score (nSPS) is 14.2. The Hall–Kier alpha value is -1.09. The van der Waals surface area contributed by atoms with E-state index in [0.29, 0.717) is 0 Å². The van der Waals surface area contributed by atoms with Crippen LogP contribution in [0.15, 0.2) is 24.5 Å². The minimum absolute atomic E-state index is 0.0883. The first-order valence-corrected chi connectivity index (χ1v) is 5.84. The van der Waals surface area contributed by atoms with Crippen molar-refractivity contribution in [2.45, 2.75) is 32.6 Å². The van der Waals surface area contributed by atoms with Crippen molar-refractivity contribution in [2.24, 2.45) is 5.41 Å². The van der Waals surface area contributed by atoms with Crippen molar-refractivity contribution in [3.8, 4) is 0 Å². The SMILES string of the molecule is CC(C)(C)C(Cl)Cc1ccn2nccc2n1. The van der Waals surface area contributed by atoms with Crippen LogP contribution in [0.1, 0.15) is 26.5 Å². The molecule has 0 radical (unpaired) electrons. The van der Waals surface area contributed by atoms with Gasteiger partial charge in [0.1, 0.15) is 0 Å². The third-order valence-corrected chi connectivity index (χ3v) is 3.45. The molecule has 0 aromatic carbocycles. The number of hydrogen-bond acceptors (Lipinski definition) is 2. The molecule has 2 rings (SSSR count). The Bertz CT molecular complexity index is 484. The lowest BCUT2D eigenvalue weighted by Gasteiger charge is -2.24. The smallest absolute Gasteiger partial charge is 0.155 e. The van der Waals surface area contributed by atoms with Gasteiger partial charge in [-0.25, -0.2) is 9.50 Å². The van der Waals surface area contributed by atoms with E-state index in [4.69, 9.17) is 11.6 Å². The van der Waals surface area contributed by atoms with Gasteiger partial charge in [0.25, 0.3) is 0 Å². The Morgan fingerprint density at radius 3 is 2.81 bits per heavy atom. The number of hydrogen-bond donors (Lipinski definition) is 0. The Kier molecular flexibility index (Phi) is 2.89. The first-order chi connectivity index (χ1) is 7.47. The highest BCUT2D eigenvalue weighted by atomic mass is 35.5. The molecule has 2 aromatic rings. The van der Waals surface area contributed by atoms with Crippen molar-refractivity contribution in [2.75, 3.05) is 0 Å². The van der Waals surface area contributed by atoms with Gasteiger partial charge in [-0.15, -0.1) is 11.6 Å². The third kappa shape index (κ3) is 2.35. The zero-order valence-electron chi connectivity index (χ0n) is 9.81. The largest absolute Gasteiger partial charge is 0.234 e. The summed E-state index contributed by atoms with van der Waals surface area (Å²) in [6.07, 6.45) is 4.45. The van der Waals surface area contributed by atoms with Gasteiger partial charge in [0, 0.05) is 29.8 Å². The standard InChI is InChI=1S/C12H16ClN3/c1-12(2,3)10(13)8-9-5-7-16-11(15-9)4-6-14-16/h4-7,10H,8H2,1-3H3. The van der Waals surface area contributed by atoms with E-state index in [1.807, 2.05) is 18.3 Å². The maximum absolute atomic E-state index is 6.35. The van der Waals surface area contributed by atoms with Crippen LogP contribution in [0.25, 0.3) is 5.65 Å². The van der Waals surface area contributed by atoms with Gasteiger partial charge in [-0.1, -0.05) is 20.8 Å². The zero-order valence-corrected chi connectivity index (χ0v) is 10.6. The molecule has 16 heavy (non-hydrogen) atoms. The van der Waals surface area contributed by atoms with E-state index in [1.54, 1.807) is 10.7 Å². The molecule has 2 aromatic heterocycles. The monoisotopic (exact) mass is 237 g/mol. The summed E-state index contributed by atoms with van der Waals surface area (Å²) in [6, 6.07) is 3.87. The topological polar surface area (TPSA) is 30.2 Å². The maximum Gasteiger partial charge on any atom is 0.155 e. The highest BCUT2D eigenvalue weighted by Gasteiger charge is 2.22. The van der Waals surface area contributed by atoms with Crippen LogP contribution in [0.2, 0.25) is 0 Å². The van der Waals surface area contributed by atoms with Crippen LogP contribution in [-0.4, -0.2) is 20.0 Å². The average molecular weight is 238 g/mol. The van der Waals surface area contributed by atoms with Gasteiger partial charge in [0.15, 0.2) is 5.65 Å². The molecule has 1 unspecified atom stereocenters. The molecule has 3 nitrogen and oxygen atoms in total.